The molecule has 2 aliphatic carbocycles. The number of nitrogens with two attached hydrogens (primary N) is 1. The van der Waals surface area contributed by atoms with Crippen LogP contribution in [0.2, 0.25) is 0 Å². The van der Waals surface area contributed by atoms with E-state index in [9.17, 15) is 14.4 Å². The fourth-order valence-corrected chi connectivity index (χ4v) is 4.98. The van der Waals surface area contributed by atoms with Crippen LogP contribution in [0.1, 0.15) is 86.3 Å². The zero-order chi connectivity index (χ0) is 24.7. The summed E-state index contributed by atoms with van der Waals surface area (Å²) in [7, 11) is 0. The number of aryl methyl sites for hydroxylation is 1. The van der Waals surface area contributed by atoms with Crippen molar-refractivity contribution in [2.45, 2.75) is 95.9 Å². The molecule has 5 N–H and O–H groups in total. The van der Waals surface area contributed by atoms with Crippen LogP contribution in [0.3, 0.4) is 0 Å². The summed E-state index contributed by atoms with van der Waals surface area (Å²) in [6.07, 6.45) is 10.5. The van der Waals surface area contributed by atoms with Crippen LogP contribution in [0.4, 0.5) is 0 Å². The van der Waals surface area contributed by atoms with Gasteiger partial charge >= 0.3 is 5.97 Å². The smallest absolute Gasteiger partial charge is 0.347 e. The van der Waals surface area contributed by atoms with E-state index in [0.29, 0.717) is 12.5 Å². The predicted molar refractivity (Wildman–Crippen MR) is 127 cm³/mol. The van der Waals surface area contributed by atoms with Gasteiger partial charge in [0.2, 0.25) is 0 Å². The number of nitrogens with one attached hydrogen (secondary N) is 1. The van der Waals surface area contributed by atoms with Gasteiger partial charge < -0.3 is 24.8 Å². The highest BCUT2D eigenvalue weighted by Crippen LogP contribution is 2.27. The molecule has 0 bridgehead atoms. The number of aliphatic hydroxyl groups is 2. The van der Waals surface area contributed by atoms with E-state index >= 15 is 0 Å². The summed E-state index contributed by atoms with van der Waals surface area (Å²) in [5.41, 5.74) is 5.73. The minimum absolute atomic E-state index is 0.0273. The molecule has 1 unspecified atom stereocenters. The number of esters is 1. The zero-order valence-corrected chi connectivity index (χ0v) is 20.2. The maximum Gasteiger partial charge on any atom is 0.347 e. The van der Waals surface area contributed by atoms with Crippen molar-refractivity contribution in [1.82, 2.24) is 9.88 Å². The lowest BCUT2D eigenvalue weighted by atomic mass is 9.88. The number of carbonyl (C=O) groups is 2. The molecule has 1 aromatic rings. The van der Waals surface area contributed by atoms with Crippen LogP contribution in [-0.2, 0) is 28.9 Å². The Hall–Kier alpha value is -2.23. The lowest BCUT2D eigenvalue weighted by Crippen LogP contribution is -2.61. The topological polar surface area (TPSA) is 144 Å². The van der Waals surface area contributed by atoms with E-state index in [-0.39, 0.29) is 11.1 Å². The van der Waals surface area contributed by atoms with Gasteiger partial charge in [-0.1, -0.05) is 32.1 Å². The lowest BCUT2D eigenvalue weighted by Gasteiger charge is -2.28. The number of hydrogen-bond acceptors (Lipinski definition) is 7. The highest BCUT2D eigenvalue weighted by atomic mass is 16.6. The Morgan fingerprint density at radius 3 is 2.38 bits per heavy atom. The highest BCUT2D eigenvalue weighted by molar-refractivity contribution is 5.97. The van der Waals surface area contributed by atoms with Crippen molar-refractivity contribution in [2.24, 2.45) is 11.7 Å². The molecule has 1 amide bonds. The molecule has 9 heteroatoms. The molecule has 1 atom stereocenters. The van der Waals surface area contributed by atoms with Gasteiger partial charge in [0.15, 0.2) is 5.66 Å². The normalized spacial score (nSPS) is 19.0. The van der Waals surface area contributed by atoms with E-state index in [4.69, 9.17) is 20.7 Å². The molecule has 9 nitrogen and oxygen atoms in total. The second-order valence-corrected chi connectivity index (χ2v) is 9.91. The molecule has 1 saturated carbocycles. The second-order valence-electron chi connectivity index (χ2n) is 9.91. The first-order chi connectivity index (χ1) is 16.3. The molecule has 0 saturated heterocycles. The van der Waals surface area contributed by atoms with Crippen molar-refractivity contribution >= 4 is 11.9 Å². The van der Waals surface area contributed by atoms with Crippen molar-refractivity contribution in [3.05, 3.63) is 33.2 Å². The Balaban J connectivity index is 1.91. The average molecular weight is 478 g/mol. The van der Waals surface area contributed by atoms with Gasteiger partial charge in [0.25, 0.3) is 11.5 Å². The Bertz CT molecular complexity index is 916. The summed E-state index contributed by atoms with van der Waals surface area (Å²) in [5, 5.41) is 20.7. The summed E-state index contributed by atoms with van der Waals surface area (Å²) in [6.45, 7) is 0.706. The largest absolute Gasteiger partial charge is 0.455 e. The molecule has 2 aliphatic rings. The third-order valence-corrected chi connectivity index (χ3v) is 6.99. The predicted octanol–water partition coefficient (Wildman–Crippen LogP) is 1.39. The third-order valence-electron chi connectivity index (χ3n) is 6.99. The molecule has 1 fully saturated rings. The van der Waals surface area contributed by atoms with Crippen LogP contribution in [0, 0.1) is 5.92 Å². The van der Waals surface area contributed by atoms with Crippen LogP contribution in [-0.4, -0.2) is 51.6 Å². The monoisotopic (exact) mass is 477 g/mol. The summed E-state index contributed by atoms with van der Waals surface area (Å²) < 4.78 is 6.77. The standard InChI is InChI=1S/C25H39N3O6/c1-25(26,24(33)34-19(15-29)16-30)27-22(31)20-13-18-11-7-2-3-8-12-21(18)28(23(20)32)14-17-9-5-4-6-10-17/h13,17,19,29-30H,2-12,14-16,26H2,1H3,(H,27,31). The van der Waals surface area contributed by atoms with Crippen LogP contribution in [0.5, 0.6) is 0 Å². The SMILES string of the molecule is CC(N)(NC(=O)c1cc2c(n(CC3CCCCC3)c1=O)CCCCCC2)C(=O)OC(CO)CO. The number of ether oxygens (including phenoxy) is 1. The third kappa shape index (κ3) is 6.46. The highest BCUT2D eigenvalue weighted by Gasteiger charge is 2.35. The average Bonchev–Trinajstić information content (AvgIpc) is 2.80. The van der Waals surface area contributed by atoms with E-state index in [0.717, 1.165) is 75.5 Å². The molecule has 3 rings (SSSR count). The summed E-state index contributed by atoms with van der Waals surface area (Å²) >= 11 is 0. The fraction of sp³-hybridized carbons (Fsp3) is 0.720. The van der Waals surface area contributed by atoms with Crippen LogP contribution in [0.25, 0.3) is 0 Å². The minimum atomic E-state index is -1.94. The number of hydrogen-bond donors (Lipinski definition) is 4. The summed E-state index contributed by atoms with van der Waals surface area (Å²) in [6, 6.07) is 1.67. The molecule has 1 heterocycles. The van der Waals surface area contributed by atoms with E-state index < -0.39 is 36.9 Å². The zero-order valence-electron chi connectivity index (χ0n) is 20.2. The molecular formula is C25H39N3O6. The molecule has 1 aromatic heterocycles. The van der Waals surface area contributed by atoms with Crippen LogP contribution in [0.15, 0.2) is 10.9 Å². The summed E-state index contributed by atoms with van der Waals surface area (Å²) in [5.74, 6) is -1.33. The van der Waals surface area contributed by atoms with Crippen LogP contribution < -0.4 is 16.6 Å². The van der Waals surface area contributed by atoms with Gasteiger partial charge in [-0.05, 0) is 63.0 Å². The molecule has 190 valence electrons. The Morgan fingerprint density at radius 2 is 1.74 bits per heavy atom. The van der Waals surface area contributed by atoms with E-state index in [1.165, 1.54) is 13.3 Å². The Kier molecular flexibility index (Phi) is 9.27. The number of carbonyl (C=O) groups excluding carboxylic acids is 2. The van der Waals surface area contributed by atoms with Gasteiger partial charge in [-0.15, -0.1) is 0 Å². The number of rotatable bonds is 8. The molecular weight excluding hydrogens is 438 g/mol. The molecule has 0 aromatic carbocycles. The molecule has 0 spiro atoms. The number of aromatic nitrogens is 1. The first-order valence-electron chi connectivity index (χ1n) is 12.6. The fourth-order valence-electron chi connectivity index (χ4n) is 4.98. The van der Waals surface area contributed by atoms with Gasteiger partial charge in [-0.25, -0.2) is 4.79 Å². The van der Waals surface area contributed by atoms with Crippen molar-refractivity contribution < 1.29 is 24.5 Å². The maximum absolute atomic E-state index is 13.6. The van der Waals surface area contributed by atoms with Crippen LogP contribution >= 0.6 is 0 Å². The van der Waals surface area contributed by atoms with E-state index in [1.54, 1.807) is 6.07 Å². The number of amides is 1. The van der Waals surface area contributed by atoms with Gasteiger partial charge in [0.1, 0.15) is 11.7 Å². The van der Waals surface area contributed by atoms with Gasteiger partial charge in [-0.2, -0.15) is 0 Å². The van der Waals surface area contributed by atoms with Crippen molar-refractivity contribution in [3.63, 3.8) is 0 Å². The molecule has 0 radical (unpaired) electrons. The van der Waals surface area contributed by atoms with Crippen molar-refractivity contribution in [2.75, 3.05) is 13.2 Å². The quantitative estimate of drug-likeness (QED) is 0.327. The molecule has 34 heavy (non-hydrogen) atoms. The first kappa shape index (κ1) is 26.4. The van der Waals surface area contributed by atoms with Crippen molar-refractivity contribution in [1.29, 1.82) is 0 Å². The second kappa shape index (κ2) is 12.0. The Labute approximate surface area is 200 Å². The number of aliphatic hydroxyl groups excluding tert-OH is 2. The van der Waals surface area contributed by atoms with E-state index in [1.807, 2.05) is 4.57 Å². The number of nitrogens with zero attached hydrogens (tertiary/aromatic N) is 1. The van der Waals surface area contributed by atoms with Crippen molar-refractivity contribution in [3.8, 4) is 0 Å². The minimum Gasteiger partial charge on any atom is -0.455 e. The maximum atomic E-state index is 13.6. The number of fused-ring (bicyclic) bond motifs is 1. The Morgan fingerprint density at radius 1 is 1.12 bits per heavy atom. The molecule has 0 aliphatic heterocycles. The van der Waals surface area contributed by atoms with Gasteiger partial charge in [-0.3, -0.25) is 15.3 Å². The van der Waals surface area contributed by atoms with Gasteiger partial charge in [0, 0.05) is 12.2 Å². The number of pyridine rings is 1. The first-order valence-corrected chi connectivity index (χ1v) is 12.6. The van der Waals surface area contributed by atoms with E-state index in [2.05, 4.69) is 5.32 Å². The summed E-state index contributed by atoms with van der Waals surface area (Å²) in [4.78, 5) is 39.2. The lowest BCUT2D eigenvalue weighted by molar-refractivity contribution is -0.160. The van der Waals surface area contributed by atoms with Gasteiger partial charge in [0.05, 0.1) is 13.2 Å².